The van der Waals surface area contributed by atoms with Gasteiger partial charge in [0.2, 0.25) is 11.8 Å². The van der Waals surface area contributed by atoms with Crippen molar-refractivity contribution in [2.24, 2.45) is 5.41 Å². The van der Waals surface area contributed by atoms with E-state index < -0.39 is 29.7 Å². The maximum Gasteiger partial charge on any atom is 0.248 e. The summed E-state index contributed by atoms with van der Waals surface area (Å²) < 4.78 is 1.46. The number of likely N-dealkylation sites (N-methyl/N-ethyl adjacent to an activating group) is 1. The molecule has 9 nitrogen and oxygen atoms in total. The van der Waals surface area contributed by atoms with Crippen molar-refractivity contribution in [1.29, 1.82) is 0 Å². The Labute approximate surface area is 182 Å². The minimum absolute atomic E-state index is 0.0850. The van der Waals surface area contributed by atoms with Crippen molar-refractivity contribution in [2.45, 2.75) is 57.9 Å². The molecule has 2 amide bonds. The zero-order chi connectivity index (χ0) is 22.8. The van der Waals surface area contributed by atoms with Crippen molar-refractivity contribution in [1.82, 2.24) is 25.2 Å². The molecular weight excluding hydrogens is 398 g/mol. The van der Waals surface area contributed by atoms with Crippen LogP contribution in [0.1, 0.15) is 50.6 Å². The third-order valence-electron chi connectivity index (χ3n) is 5.57. The number of β-amino-alcohol motifs (C(OH)–C–C–N with tert-alkyl or cyclic N) is 1. The Morgan fingerprint density at radius 1 is 1.26 bits per heavy atom. The number of aliphatic hydroxyl groups is 2. The molecule has 0 saturated carbocycles. The van der Waals surface area contributed by atoms with Gasteiger partial charge in [-0.15, -0.1) is 5.10 Å². The number of hydrogen-bond acceptors (Lipinski definition) is 6. The van der Waals surface area contributed by atoms with Gasteiger partial charge in [-0.3, -0.25) is 9.59 Å². The van der Waals surface area contributed by atoms with E-state index in [2.05, 4.69) is 15.6 Å². The Kier molecular flexibility index (Phi) is 6.76. The molecule has 168 valence electrons. The molecule has 1 aromatic carbocycles. The standard InChI is InChI=1S/C22H31N5O4/c1-22(2,3)19(21(31)26-12-15(28)11-17(26)20(30)23-4)27-13-16(24-25-27)18(29)10-14-8-6-5-7-9-14/h5-9,13,15,17-19,28-29H,10-12H2,1-4H3,(H,23,30)/t15?,17?,18?,19-/m1/s1. The van der Waals surface area contributed by atoms with Crippen molar-refractivity contribution < 1.29 is 19.8 Å². The SMILES string of the molecule is CNC(=O)C1CC(O)CN1C(=O)[C@@H](n1cc(C(O)Cc2ccccc2)nn1)C(C)(C)C. The molecule has 0 spiro atoms. The highest BCUT2D eigenvalue weighted by atomic mass is 16.3. The molecule has 1 saturated heterocycles. The lowest BCUT2D eigenvalue weighted by molar-refractivity contribution is -0.144. The van der Waals surface area contributed by atoms with Crippen LogP contribution in [0.25, 0.3) is 0 Å². The number of aliphatic hydroxyl groups excluding tert-OH is 2. The smallest absolute Gasteiger partial charge is 0.248 e. The molecule has 3 N–H and O–H groups in total. The van der Waals surface area contributed by atoms with E-state index in [0.29, 0.717) is 12.1 Å². The normalized spacial score (nSPS) is 21.0. The summed E-state index contributed by atoms with van der Waals surface area (Å²) in [5.74, 6) is -0.623. The van der Waals surface area contributed by atoms with Crippen LogP contribution in [-0.4, -0.2) is 67.7 Å². The van der Waals surface area contributed by atoms with E-state index in [1.165, 1.54) is 16.6 Å². The summed E-state index contributed by atoms with van der Waals surface area (Å²) in [5, 5.41) is 31.5. The fourth-order valence-electron chi connectivity index (χ4n) is 4.02. The highest BCUT2D eigenvalue weighted by molar-refractivity contribution is 5.90. The first-order valence-electron chi connectivity index (χ1n) is 10.5. The largest absolute Gasteiger partial charge is 0.391 e. The number of rotatable bonds is 6. The number of amides is 2. The highest BCUT2D eigenvalue weighted by Crippen LogP contribution is 2.34. The number of nitrogens with zero attached hydrogens (tertiary/aromatic N) is 4. The number of hydrogen-bond donors (Lipinski definition) is 3. The van der Waals surface area contributed by atoms with E-state index in [1.807, 2.05) is 51.1 Å². The Balaban J connectivity index is 1.85. The number of nitrogens with one attached hydrogen (secondary N) is 1. The first-order chi connectivity index (χ1) is 14.6. The molecule has 1 aliphatic rings. The van der Waals surface area contributed by atoms with E-state index in [1.54, 1.807) is 6.20 Å². The van der Waals surface area contributed by atoms with E-state index in [-0.39, 0.29) is 24.8 Å². The molecule has 0 radical (unpaired) electrons. The molecule has 0 bridgehead atoms. The minimum atomic E-state index is -0.862. The summed E-state index contributed by atoms with van der Waals surface area (Å²) in [6.45, 7) is 5.79. The van der Waals surface area contributed by atoms with Gasteiger partial charge in [0.05, 0.1) is 12.3 Å². The van der Waals surface area contributed by atoms with Crippen LogP contribution in [0.15, 0.2) is 36.5 Å². The lowest BCUT2D eigenvalue weighted by atomic mass is 9.85. The van der Waals surface area contributed by atoms with Gasteiger partial charge in [-0.25, -0.2) is 4.68 Å². The third-order valence-corrected chi connectivity index (χ3v) is 5.57. The van der Waals surface area contributed by atoms with Gasteiger partial charge in [0.15, 0.2) is 0 Å². The monoisotopic (exact) mass is 429 g/mol. The molecular formula is C22H31N5O4. The fraction of sp³-hybridized carbons (Fsp3) is 0.545. The molecule has 3 unspecified atom stereocenters. The van der Waals surface area contributed by atoms with Crippen molar-refractivity contribution in [3.05, 3.63) is 47.8 Å². The summed E-state index contributed by atoms with van der Waals surface area (Å²) in [4.78, 5) is 27.2. The molecule has 2 heterocycles. The van der Waals surface area contributed by atoms with Gasteiger partial charge >= 0.3 is 0 Å². The van der Waals surface area contributed by atoms with Crippen LogP contribution in [0, 0.1) is 5.41 Å². The maximum absolute atomic E-state index is 13.5. The Morgan fingerprint density at radius 3 is 2.55 bits per heavy atom. The second kappa shape index (κ2) is 9.15. The molecule has 4 atom stereocenters. The summed E-state index contributed by atoms with van der Waals surface area (Å²) in [6.07, 6.45) is 0.541. The van der Waals surface area contributed by atoms with Gasteiger partial charge in [0, 0.05) is 26.4 Å². The molecule has 31 heavy (non-hydrogen) atoms. The number of likely N-dealkylation sites (tertiary alicyclic amines) is 1. The molecule has 3 rings (SSSR count). The number of carbonyl (C=O) groups is 2. The predicted molar refractivity (Wildman–Crippen MR) is 114 cm³/mol. The van der Waals surface area contributed by atoms with Gasteiger partial charge < -0.3 is 20.4 Å². The second-order valence-corrected chi connectivity index (χ2v) is 9.11. The second-order valence-electron chi connectivity index (χ2n) is 9.11. The van der Waals surface area contributed by atoms with Gasteiger partial charge in [0.1, 0.15) is 23.9 Å². The molecule has 9 heteroatoms. The topological polar surface area (TPSA) is 121 Å². The Hall–Kier alpha value is -2.78. The Bertz CT molecular complexity index is 908. The third kappa shape index (κ3) is 5.11. The average Bonchev–Trinajstić information content (AvgIpc) is 3.34. The summed E-state index contributed by atoms with van der Waals surface area (Å²) >= 11 is 0. The van der Waals surface area contributed by atoms with Crippen LogP contribution in [-0.2, 0) is 16.0 Å². The first-order valence-corrected chi connectivity index (χ1v) is 10.5. The van der Waals surface area contributed by atoms with Crippen LogP contribution in [0.2, 0.25) is 0 Å². The number of benzene rings is 1. The lowest BCUT2D eigenvalue weighted by Gasteiger charge is -2.34. The van der Waals surface area contributed by atoms with Crippen LogP contribution in [0.4, 0.5) is 0 Å². The fourth-order valence-corrected chi connectivity index (χ4v) is 4.02. The predicted octanol–water partition coefficient (Wildman–Crippen LogP) is 0.849. The summed E-state index contributed by atoms with van der Waals surface area (Å²) in [7, 11) is 1.51. The first kappa shape index (κ1) is 22.9. The van der Waals surface area contributed by atoms with Crippen molar-refractivity contribution in [3.63, 3.8) is 0 Å². The molecule has 0 aliphatic carbocycles. The van der Waals surface area contributed by atoms with E-state index in [4.69, 9.17) is 0 Å². The quantitative estimate of drug-likeness (QED) is 0.626. The van der Waals surface area contributed by atoms with Crippen molar-refractivity contribution in [2.75, 3.05) is 13.6 Å². The summed E-state index contributed by atoms with van der Waals surface area (Å²) in [6, 6.07) is 8.08. The van der Waals surface area contributed by atoms with Gasteiger partial charge in [0.25, 0.3) is 0 Å². The van der Waals surface area contributed by atoms with Gasteiger partial charge in [-0.2, -0.15) is 0 Å². The van der Waals surface area contributed by atoms with E-state index in [0.717, 1.165) is 5.56 Å². The van der Waals surface area contributed by atoms with E-state index >= 15 is 0 Å². The van der Waals surface area contributed by atoms with Crippen LogP contribution in [0.5, 0.6) is 0 Å². The molecule has 1 aliphatic heterocycles. The van der Waals surface area contributed by atoms with Crippen molar-refractivity contribution in [3.8, 4) is 0 Å². The van der Waals surface area contributed by atoms with Crippen LogP contribution >= 0.6 is 0 Å². The number of aromatic nitrogens is 3. The molecule has 1 aromatic heterocycles. The highest BCUT2D eigenvalue weighted by Gasteiger charge is 2.45. The lowest BCUT2D eigenvalue weighted by Crippen LogP contribution is -2.49. The maximum atomic E-state index is 13.5. The van der Waals surface area contributed by atoms with Crippen LogP contribution < -0.4 is 5.32 Å². The van der Waals surface area contributed by atoms with E-state index in [9.17, 15) is 19.8 Å². The zero-order valence-electron chi connectivity index (χ0n) is 18.4. The Morgan fingerprint density at radius 2 is 1.94 bits per heavy atom. The number of carbonyl (C=O) groups excluding carboxylic acids is 2. The van der Waals surface area contributed by atoms with Crippen molar-refractivity contribution >= 4 is 11.8 Å². The zero-order valence-corrected chi connectivity index (χ0v) is 18.4. The molecule has 1 fully saturated rings. The minimum Gasteiger partial charge on any atom is -0.391 e. The molecule has 2 aromatic rings. The van der Waals surface area contributed by atoms with Crippen LogP contribution in [0.3, 0.4) is 0 Å². The van der Waals surface area contributed by atoms with Gasteiger partial charge in [-0.1, -0.05) is 56.3 Å². The average molecular weight is 430 g/mol. The van der Waals surface area contributed by atoms with Gasteiger partial charge in [-0.05, 0) is 11.0 Å². The summed E-state index contributed by atoms with van der Waals surface area (Å²) in [5.41, 5.74) is 0.787.